The summed E-state index contributed by atoms with van der Waals surface area (Å²) in [4.78, 5) is 8.28. The summed E-state index contributed by atoms with van der Waals surface area (Å²) in [5, 5.41) is 0.865. The summed E-state index contributed by atoms with van der Waals surface area (Å²) in [7, 11) is 1.34. The highest BCUT2D eigenvalue weighted by molar-refractivity contribution is 9.09. The molecule has 1 fully saturated rings. The Morgan fingerprint density at radius 2 is 1.64 bits per heavy atom. The van der Waals surface area contributed by atoms with Gasteiger partial charge in [0, 0.05) is 24.3 Å². The van der Waals surface area contributed by atoms with Gasteiger partial charge in [-0.15, -0.1) is 0 Å². The van der Waals surface area contributed by atoms with Crippen LogP contribution in [0.25, 0.3) is 0 Å². The van der Waals surface area contributed by atoms with Gasteiger partial charge in [0.25, 0.3) is 0 Å². The topological polar surface area (TPSA) is 43.2 Å². The minimum absolute atomic E-state index is 0.00108. The third-order valence-electron chi connectivity index (χ3n) is 6.32. The molecule has 1 unspecified atom stereocenters. The zero-order valence-electron chi connectivity index (χ0n) is 19.7. The van der Waals surface area contributed by atoms with E-state index in [-0.39, 0.29) is 22.8 Å². The number of nitrogens with zero attached hydrogens (tertiary/aromatic N) is 2. The Kier molecular flexibility index (Phi) is 8.24. The third-order valence-corrected chi connectivity index (χ3v) is 6.61. The summed E-state index contributed by atoms with van der Waals surface area (Å²) in [6.45, 7) is 8.10. The lowest BCUT2D eigenvalue weighted by Crippen LogP contribution is -2.41. The molecule has 1 saturated heterocycles. The molecule has 2 aromatic carbocycles. The van der Waals surface area contributed by atoms with E-state index in [1.165, 1.54) is 18.2 Å². The van der Waals surface area contributed by atoms with Crippen molar-refractivity contribution in [3.63, 3.8) is 0 Å². The molecule has 0 aromatic heterocycles. The molecule has 1 atom stereocenters. The van der Waals surface area contributed by atoms with Crippen molar-refractivity contribution >= 4 is 40.4 Å². The lowest BCUT2D eigenvalue weighted by atomic mass is 9.78. The van der Waals surface area contributed by atoms with Gasteiger partial charge in [-0.25, -0.2) is 8.78 Å². The summed E-state index contributed by atoms with van der Waals surface area (Å²) in [5.74, 6) is -1.12. The number of hydrogen-bond acceptors (Lipinski definition) is 4. The van der Waals surface area contributed by atoms with Crippen molar-refractivity contribution in [2.75, 3.05) is 12.4 Å². The summed E-state index contributed by atoms with van der Waals surface area (Å²) >= 11 is 3.16. The standard InChI is InChI=1S/C22H24BF2NO2.C3H6BrN/c1-21(2)22(3,4)28-23(27-21)15-10-8-14(9-11-15)18-12-13-19(26-18)20-16(24)6-5-7-17(20)25;1-5-3-2-4/h5-11,18H,12-13H2,1-4H3;3H,2H2,1H3. The normalized spacial score (nSPS) is 21.2. The van der Waals surface area contributed by atoms with Crippen LogP contribution in [-0.4, -0.2) is 42.6 Å². The second kappa shape index (κ2) is 10.6. The van der Waals surface area contributed by atoms with Crippen LogP contribution in [0.4, 0.5) is 8.78 Å². The van der Waals surface area contributed by atoms with Crippen LogP contribution in [0.15, 0.2) is 52.4 Å². The van der Waals surface area contributed by atoms with Crippen molar-refractivity contribution in [3.05, 3.63) is 65.2 Å². The highest BCUT2D eigenvalue weighted by atomic mass is 79.9. The maximum Gasteiger partial charge on any atom is 0.494 e. The highest BCUT2D eigenvalue weighted by Crippen LogP contribution is 2.37. The van der Waals surface area contributed by atoms with Crippen LogP contribution in [0.2, 0.25) is 0 Å². The average Bonchev–Trinajstić information content (AvgIpc) is 3.31. The molecule has 4 nitrogen and oxygen atoms in total. The van der Waals surface area contributed by atoms with E-state index in [9.17, 15) is 8.78 Å². The molecule has 2 aromatic rings. The fourth-order valence-corrected chi connectivity index (χ4v) is 4.01. The van der Waals surface area contributed by atoms with Crippen molar-refractivity contribution in [3.8, 4) is 0 Å². The van der Waals surface area contributed by atoms with Crippen LogP contribution < -0.4 is 5.46 Å². The molecule has 2 heterocycles. The molecule has 0 saturated carbocycles. The van der Waals surface area contributed by atoms with Gasteiger partial charge in [-0.05, 0) is 63.7 Å². The van der Waals surface area contributed by atoms with Crippen molar-refractivity contribution in [1.29, 1.82) is 0 Å². The van der Waals surface area contributed by atoms with Gasteiger partial charge >= 0.3 is 7.12 Å². The Morgan fingerprint density at radius 1 is 1.06 bits per heavy atom. The lowest BCUT2D eigenvalue weighted by molar-refractivity contribution is 0.00578. The fourth-order valence-electron chi connectivity index (χ4n) is 3.72. The van der Waals surface area contributed by atoms with Crippen LogP contribution in [0.3, 0.4) is 0 Å². The molecular weight excluding hydrogens is 489 g/mol. The number of aliphatic imine (C=N–C) groups is 2. The first-order chi connectivity index (χ1) is 15.6. The third kappa shape index (κ3) is 5.79. The molecule has 8 heteroatoms. The van der Waals surface area contributed by atoms with Crippen molar-refractivity contribution in [1.82, 2.24) is 0 Å². The van der Waals surface area contributed by atoms with Gasteiger partial charge in [0.05, 0.1) is 22.8 Å². The fraction of sp³-hybridized carbons (Fsp3) is 0.440. The van der Waals surface area contributed by atoms with Crippen molar-refractivity contribution in [2.24, 2.45) is 9.98 Å². The molecule has 0 aliphatic carbocycles. The second-order valence-electron chi connectivity index (χ2n) is 9.08. The first-order valence-corrected chi connectivity index (χ1v) is 12.1. The molecule has 0 bridgehead atoms. The minimum Gasteiger partial charge on any atom is -0.399 e. The van der Waals surface area contributed by atoms with Crippen LogP contribution in [0.1, 0.15) is 57.7 Å². The molecule has 0 spiro atoms. The van der Waals surface area contributed by atoms with Gasteiger partial charge in [0.1, 0.15) is 11.6 Å². The van der Waals surface area contributed by atoms with Gasteiger partial charge in [0.2, 0.25) is 0 Å². The minimum atomic E-state index is -0.560. The molecule has 176 valence electrons. The Bertz CT molecular complexity index is 989. The van der Waals surface area contributed by atoms with Crippen LogP contribution in [0, 0.1) is 11.6 Å². The molecule has 2 aliphatic rings. The number of benzene rings is 2. The highest BCUT2D eigenvalue weighted by Gasteiger charge is 2.51. The van der Waals surface area contributed by atoms with E-state index in [0.29, 0.717) is 12.1 Å². The Balaban J connectivity index is 0.000000555. The van der Waals surface area contributed by atoms with E-state index in [0.717, 1.165) is 22.8 Å². The molecule has 33 heavy (non-hydrogen) atoms. The monoisotopic (exact) mass is 518 g/mol. The Labute approximate surface area is 203 Å². The first kappa shape index (κ1) is 25.7. The van der Waals surface area contributed by atoms with E-state index in [1.54, 1.807) is 13.3 Å². The van der Waals surface area contributed by atoms with Gasteiger partial charge in [-0.1, -0.05) is 46.3 Å². The molecule has 4 rings (SSSR count). The second-order valence-corrected chi connectivity index (χ2v) is 9.72. The number of rotatable bonds is 4. The Hall–Kier alpha value is -1.90. The van der Waals surface area contributed by atoms with E-state index in [1.807, 2.05) is 52.0 Å². The van der Waals surface area contributed by atoms with E-state index in [2.05, 4.69) is 25.9 Å². The summed E-state index contributed by atoms with van der Waals surface area (Å²) in [6, 6.07) is 11.8. The number of alkyl halides is 1. The predicted molar refractivity (Wildman–Crippen MR) is 135 cm³/mol. The van der Waals surface area contributed by atoms with Crippen LogP contribution in [-0.2, 0) is 9.31 Å². The zero-order valence-corrected chi connectivity index (χ0v) is 21.3. The molecule has 0 amide bonds. The van der Waals surface area contributed by atoms with Crippen LogP contribution in [0.5, 0.6) is 0 Å². The summed E-state index contributed by atoms with van der Waals surface area (Å²) in [6.07, 6.45) is 3.08. The quantitative estimate of drug-likeness (QED) is 0.297. The number of hydrogen-bond donors (Lipinski definition) is 0. The lowest BCUT2D eigenvalue weighted by Gasteiger charge is -2.32. The molecule has 0 radical (unpaired) electrons. The SMILES string of the molecule is CC1(C)OB(c2ccc(C3CCC(c4c(F)cccc4F)=N3)cc2)OC1(C)C.CN=CCBr. The maximum absolute atomic E-state index is 14.0. The predicted octanol–water partition coefficient (Wildman–Crippen LogP) is 5.67. The van der Waals surface area contributed by atoms with Gasteiger partial charge < -0.3 is 9.31 Å². The maximum atomic E-state index is 14.0. The Morgan fingerprint density at radius 3 is 2.12 bits per heavy atom. The zero-order chi connectivity index (χ0) is 24.2. The van der Waals surface area contributed by atoms with E-state index >= 15 is 0 Å². The number of halogens is 3. The van der Waals surface area contributed by atoms with Gasteiger partial charge in [0.15, 0.2) is 0 Å². The first-order valence-electron chi connectivity index (χ1n) is 11.0. The smallest absolute Gasteiger partial charge is 0.399 e. The van der Waals surface area contributed by atoms with Gasteiger partial charge in [-0.3, -0.25) is 9.98 Å². The van der Waals surface area contributed by atoms with E-state index < -0.39 is 18.8 Å². The molecular formula is C25H30BBrF2N2O2. The molecule has 0 N–H and O–H groups in total. The van der Waals surface area contributed by atoms with Crippen LogP contribution >= 0.6 is 15.9 Å². The molecule has 2 aliphatic heterocycles. The van der Waals surface area contributed by atoms with Gasteiger partial charge in [-0.2, -0.15) is 0 Å². The van der Waals surface area contributed by atoms with Crippen molar-refractivity contribution in [2.45, 2.75) is 57.8 Å². The summed E-state index contributed by atoms with van der Waals surface area (Å²) < 4.78 is 40.2. The van der Waals surface area contributed by atoms with E-state index in [4.69, 9.17) is 9.31 Å². The summed E-state index contributed by atoms with van der Waals surface area (Å²) in [5.41, 5.74) is 1.70. The van der Waals surface area contributed by atoms with Crippen molar-refractivity contribution < 1.29 is 18.1 Å². The average molecular weight is 519 g/mol. The largest absolute Gasteiger partial charge is 0.494 e.